The van der Waals surface area contributed by atoms with E-state index in [4.69, 9.17) is 44.9 Å². The molecule has 0 saturated heterocycles. The van der Waals surface area contributed by atoms with Gasteiger partial charge in [-0.15, -0.1) is 47.0 Å². The molecule has 9 rings (SSSR count). The minimum Gasteiger partial charge on any atom is -0.255 e. The Labute approximate surface area is 425 Å². The van der Waals surface area contributed by atoms with Crippen LogP contribution in [0.4, 0.5) is 0 Å². The van der Waals surface area contributed by atoms with Gasteiger partial charge in [-0.2, -0.15) is 0 Å². The molecule has 16 heteroatoms. The van der Waals surface area contributed by atoms with Crippen LogP contribution >= 0.6 is 47.0 Å². The van der Waals surface area contributed by atoms with Crippen LogP contribution in [0.5, 0.6) is 0 Å². The van der Waals surface area contributed by atoms with E-state index in [-0.39, 0.29) is 0 Å². The quantitative estimate of drug-likeness (QED) is 0.0664. The van der Waals surface area contributed by atoms with Crippen LogP contribution in [0.2, 0.25) is 0 Å². The van der Waals surface area contributed by atoms with Gasteiger partial charge in [0.1, 0.15) is 19.0 Å². The van der Waals surface area contributed by atoms with Gasteiger partial charge in [0.05, 0.1) is 85.4 Å². The largest absolute Gasteiger partial charge is 0.255 e. The molecule has 0 saturated carbocycles. The average molecular weight is 995 g/mol. The molecule has 0 amide bonds. The number of hydrogen-bond donors (Lipinski definition) is 0. The lowest BCUT2D eigenvalue weighted by Crippen LogP contribution is -1.99. The fourth-order valence-corrected chi connectivity index (χ4v) is 10.6. The molecule has 0 atom stereocenters. The van der Waals surface area contributed by atoms with Crippen LogP contribution < -0.4 is 0 Å². The van der Waals surface area contributed by atoms with Crippen LogP contribution in [0.15, 0.2) is 154 Å². The van der Waals surface area contributed by atoms with Crippen LogP contribution in [0.25, 0.3) is 91.0 Å². The molecule has 12 nitrogen and oxygen atoms in total. The maximum atomic E-state index is 5.22. The van der Waals surface area contributed by atoms with E-state index >= 15 is 0 Å². The third-order valence-corrected chi connectivity index (χ3v) is 15.3. The van der Waals surface area contributed by atoms with Gasteiger partial charge in [-0.1, -0.05) is 33.8 Å². The number of thioether (sulfide) groups is 4. The standard InChI is InChI=1S/C54H50N12S4/c1-5-17-67-36-22-42(63-49(23-36)41-13-15-55-32-58-41)35-12-16-57-43(21-35)50-25-38(69-19-7-3)27-52(65-50)45-31-47(62-34-60-45)54-29-39(70-20-8-4)28-53(66-54)46-30-44(59-33-61-46)51-26-37(68-18-6-2)24-48(64-51)40-11-9-10-14-56-40/h9-16,21-34H,5-8,17-20H2,1-4H3. The topological polar surface area (TPSA) is 155 Å². The second kappa shape index (κ2) is 23.9. The van der Waals surface area contributed by atoms with Crippen LogP contribution in [0, 0.1) is 0 Å². The first-order chi connectivity index (χ1) is 34.5. The molecule has 0 N–H and O–H groups in total. The van der Waals surface area contributed by atoms with Gasteiger partial charge < -0.3 is 0 Å². The molecule has 0 unspecified atom stereocenters. The number of aromatic nitrogens is 12. The molecule has 0 aromatic carbocycles. The Balaban J connectivity index is 1.08. The minimum absolute atomic E-state index is 0.670. The minimum atomic E-state index is 0.670. The summed E-state index contributed by atoms with van der Waals surface area (Å²) >= 11 is 7.17. The Morgan fingerprint density at radius 1 is 0.300 bits per heavy atom. The van der Waals surface area contributed by atoms with Crippen LogP contribution in [-0.2, 0) is 0 Å². The SMILES string of the molecule is CCCSc1cc(-c2ccnc(-c3cc(SCCC)cc(-c4cc(-c5cc(SCCC)cc(-c6cc(-c7cc(SCCC)cc(-c8ccccn8)n7)ncn6)n5)ncn4)n3)c2)nc(-c2ccncn2)c1. The molecule has 0 aliphatic rings. The first-order valence-electron chi connectivity index (χ1n) is 23.4. The molecule has 0 fully saturated rings. The van der Waals surface area contributed by atoms with E-state index in [2.05, 4.69) is 97.2 Å². The highest BCUT2D eigenvalue weighted by Crippen LogP contribution is 2.36. The van der Waals surface area contributed by atoms with E-state index in [1.807, 2.05) is 60.4 Å². The second-order valence-corrected chi connectivity index (χ2v) is 20.7. The second-order valence-electron chi connectivity index (χ2n) is 16.0. The van der Waals surface area contributed by atoms with Gasteiger partial charge in [-0.3, -0.25) is 9.97 Å². The van der Waals surface area contributed by atoms with Gasteiger partial charge in [0, 0.05) is 43.7 Å². The van der Waals surface area contributed by atoms with Gasteiger partial charge in [0.25, 0.3) is 0 Å². The van der Waals surface area contributed by atoms with E-state index in [0.717, 1.165) is 119 Å². The third-order valence-electron chi connectivity index (χ3n) is 10.6. The lowest BCUT2D eigenvalue weighted by molar-refractivity contribution is 1.09. The Hall–Kier alpha value is -6.46. The molecule has 350 valence electrons. The van der Waals surface area contributed by atoms with Crippen molar-refractivity contribution in [3.05, 3.63) is 135 Å². The fraction of sp³-hybridized carbons (Fsp3) is 0.222. The summed E-state index contributed by atoms with van der Waals surface area (Å²) < 4.78 is 0. The van der Waals surface area contributed by atoms with Crippen LogP contribution in [-0.4, -0.2) is 82.8 Å². The average Bonchev–Trinajstić information content (AvgIpc) is 3.43. The molecular weight excluding hydrogens is 945 g/mol. The van der Waals surface area contributed by atoms with E-state index in [1.54, 1.807) is 66.7 Å². The van der Waals surface area contributed by atoms with E-state index in [9.17, 15) is 0 Å². The summed E-state index contributed by atoms with van der Waals surface area (Å²) in [6.45, 7) is 8.74. The first kappa shape index (κ1) is 48.6. The summed E-state index contributed by atoms with van der Waals surface area (Å²) in [4.78, 5) is 62.0. The maximum absolute atomic E-state index is 5.22. The van der Waals surface area contributed by atoms with Gasteiger partial charge in [-0.25, -0.2) is 49.8 Å². The maximum Gasteiger partial charge on any atom is 0.116 e. The van der Waals surface area contributed by atoms with Gasteiger partial charge >= 0.3 is 0 Å². The lowest BCUT2D eigenvalue weighted by Gasteiger charge is -2.12. The van der Waals surface area contributed by atoms with E-state index in [0.29, 0.717) is 39.9 Å². The van der Waals surface area contributed by atoms with Crippen molar-refractivity contribution in [1.29, 1.82) is 0 Å². The highest BCUT2D eigenvalue weighted by Gasteiger charge is 2.18. The van der Waals surface area contributed by atoms with Crippen molar-refractivity contribution in [2.24, 2.45) is 0 Å². The van der Waals surface area contributed by atoms with Crippen LogP contribution in [0.1, 0.15) is 53.4 Å². The van der Waals surface area contributed by atoms with Gasteiger partial charge in [-0.05, 0) is 140 Å². The molecule has 0 aliphatic heterocycles. The summed E-state index contributed by atoms with van der Waals surface area (Å²) in [5.74, 6) is 3.89. The van der Waals surface area contributed by atoms with Gasteiger partial charge in [0.2, 0.25) is 0 Å². The summed E-state index contributed by atoms with van der Waals surface area (Å²) in [6.07, 6.45) is 14.3. The lowest BCUT2D eigenvalue weighted by atomic mass is 10.1. The summed E-state index contributed by atoms with van der Waals surface area (Å²) in [5, 5.41) is 0. The van der Waals surface area contributed by atoms with E-state index in [1.165, 1.54) is 0 Å². The molecule has 70 heavy (non-hydrogen) atoms. The van der Waals surface area contributed by atoms with Crippen molar-refractivity contribution in [3.63, 3.8) is 0 Å². The van der Waals surface area contributed by atoms with Crippen molar-refractivity contribution in [1.82, 2.24) is 59.8 Å². The fourth-order valence-electron chi connectivity index (χ4n) is 7.26. The molecule has 0 bridgehead atoms. The highest BCUT2D eigenvalue weighted by molar-refractivity contribution is 8.00. The molecule has 0 aliphatic carbocycles. The monoisotopic (exact) mass is 994 g/mol. The van der Waals surface area contributed by atoms with Crippen molar-refractivity contribution >= 4 is 47.0 Å². The normalized spacial score (nSPS) is 11.3. The summed E-state index contributed by atoms with van der Waals surface area (Å²) in [6, 6.07) is 32.6. The molecule has 9 aromatic rings. The summed E-state index contributed by atoms with van der Waals surface area (Å²) in [5.41, 5.74) is 12.0. The Bertz CT molecular complexity index is 2990. The van der Waals surface area contributed by atoms with Crippen molar-refractivity contribution in [2.75, 3.05) is 23.0 Å². The highest BCUT2D eigenvalue weighted by atomic mass is 32.2. The zero-order valence-electron chi connectivity index (χ0n) is 39.4. The number of rotatable bonds is 20. The molecule has 0 spiro atoms. The number of pyridine rings is 6. The molecule has 9 heterocycles. The predicted molar refractivity (Wildman–Crippen MR) is 288 cm³/mol. The Kier molecular flexibility index (Phi) is 16.6. The van der Waals surface area contributed by atoms with Crippen LogP contribution in [0.3, 0.4) is 0 Å². The van der Waals surface area contributed by atoms with Crippen molar-refractivity contribution in [2.45, 2.75) is 73.0 Å². The van der Waals surface area contributed by atoms with Crippen molar-refractivity contribution < 1.29 is 0 Å². The molecular formula is C54H50N12S4. The Morgan fingerprint density at radius 3 is 1.07 bits per heavy atom. The Morgan fingerprint density at radius 2 is 0.671 bits per heavy atom. The molecule has 9 aromatic heterocycles. The smallest absolute Gasteiger partial charge is 0.116 e. The van der Waals surface area contributed by atoms with Gasteiger partial charge in [0.15, 0.2) is 0 Å². The zero-order valence-corrected chi connectivity index (χ0v) is 42.6. The zero-order chi connectivity index (χ0) is 48.1. The molecule has 0 radical (unpaired) electrons. The number of hydrogen-bond acceptors (Lipinski definition) is 16. The summed E-state index contributed by atoms with van der Waals surface area (Å²) in [7, 11) is 0. The number of nitrogens with zero attached hydrogens (tertiary/aromatic N) is 12. The van der Waals surface area contributed by atoms with E-state index < -0.39 is 0 Å². The predicted octanol–water partition coefficient (Wildman–Crippen LogP) is 13.8. The van der Waals surface area contributed by atoms with Crippen molar-refractivity contribution in [3.8, 4) is 91.0 Å². The third kappa shape index (κ3) is 12.3. The first-order valence-corrected chi connectivity index (χ1v) is 27.3.